The Morgan fingerprint density at radius 2 is 1.14 bits per heavy atom. The Bertz CT molecular complexity index is 2800. The number of rotatable bonds is 6. The molecular weight excluding hydrogens is 730 g/mol. The molecule has 1 radical (unpaired) electrons. The van der Waals surface area contributed by atoms with Crippen LogP contribution >= 0.6 is 23.5 Å². The van der Waals surface area contributed by atoms with E-state index in [2.05, 4.69) is 218 Å². The van der Waals surface area contributed by atoms with Crippen LogP contribution in [0.3, 0.4) is 0 Å². The van der Waals surface area contributed by atoms with Gasteiger partial charge in [-0.2, -0.15) is 0 Å². The molecule has 6 heteroatoms. The number of benzene rings is 8. The molecule has 0 aliphatic carbocycles. The number of hydrogen-bond acceptors (Lipinski definition) is 5. The Morgan fingerprint density at radius 3 is 1.89 bits per heavy atom. The fourth-order valence-electron chi connectivity index (χ4n) is 8.75. The fourth-order valence-corrected chi connectivity index (χ4v) is 11.3. The van der Waals surface area contributed by atoms with Gasteiger partial charge in [0, 0.05) is 64.7 Å². The summed E-state index contributed by atoms with van der Waals surface area (Å²) in [7, 11) is 2.42. The van der Waals surface area contributed by atoms with Gasteiger partial charge in [0.2, 0.25) is 0 Å². The summed E-state index contributed by atoms with van der Waals surface area (Å²) < 4.78 is 0. The summed E-state index contributed by atoms with van der Waals surface area (Å²) in [6, 6.07) is 66.3. The van der Waals surface area contributed by atoms with Crippen LogP contribution < -0.4 is 26.0 Å². The molecule has 0 atom stereocenters. The number of nitrogens with one attached hydrogen (secondary N) is 1. The minimum absolute atomic E-state index is 0.182. The van der Waals surface area contributed by atoms with Crippen LogP contribution in [0.25, 0.3) is 11.1 Å². The summed E-state index contributed by atoms with van der Waals surface area (Å²) in [6.07, 6.45) is 0. The number of hydrogen-bond donors (Lipinski definition) is 1. The maximum Gasteiger partial charge on any atom is 0.197 e. The second-order valence-corrected chi connectivity index (χ2v) is 17.5. The first kappa shape index (κ1) is 34.2. The molecule has 57 heavy (non-hydrogen) atoms. The third kappa shape index (κ3) is 5.69. The lowest BCUT2D eigenvalue weighted by atomic mass is 9.58. The van der Waals surface area contributed by atoms with Gasteiger partial charge in [-0.25, -0.2) is 0 Å². The number of para-hydroxylation sites is 5. The normalized spacial score (nSPS) is 13.9. The van der Waals surface area contributed by atoms with Gasteiger partial charge >= 0.3 is 0 Å². The van der Waals surface area contributed by atoms with Crippen LogP contribution in [0.5, 0.6) is 0 Å². The summed E-state index contributed by atoms with van der Waals surface area (Å²) in [4.78, 5) is 10.0. The van der Waals surface area contributed by atoms with Crippen LogP contribution in [0.15, 0.2) is 202 Å². The van der Waals surface area contributed by atoms with Gasteiger partial charge in [-0.05, 0) is 107 Å². The predicted octanol–water partition coefficient (Wildman–Crippen LogP) is 13.3. The maximum atomic E-state index is 3.93. The van der Waals surface area contributed by atoms with E-state index in [1.54, 1.807) is 0 Å². The smallest absolute Gasteiger partial charge is 0.197 e. The predicted molar refractivity (Wildman–Crippen MR) is 243 cm³/mol. The zero-order valence-corrected chi connectivity index (χ0v) is 33.2. The van der Waals surface area contributed by atoms with E-state index in [0.29, 0.717) is 0 Å². The van der Waals surface area contributed by atoms with Gasteiger partial charge in [-0.15, -0.1) is 0 Å². The largest absolute Gasteiger partial charge is 0.355 e. The molecule has 0 saturated heterocycles. The van der Waals surface area contributed by atoms with E-state index >= 15 is 0 Å². The summed E-state index contributed by atoms with van der Waals surface area (Å²) in [5.41, 5.74) is 16.3. The molecular formula is C51H37BN3S2. The quantitative estimate of drug-likeness (QED) is 0.169. The number of fused-ring (bicyclic) bond motifs is 6. The first-order valence-corrected chi connectivity index (χ1v) is 21.1. The van der Waals surface area contributed by atoms with E-state index in [1.807, 2.05) is 23.5 Å². The average molecular weight is 767 g/mol. The lowest BCUT2D eigenvalue weighted by Crippen LogP contribution is -2.42. The number of anilines is 8. The highest BCUT2D eigenvalue weighted by atomic mass is 32.2. The van der Waals surface area contributed by atoms with Gasteiger partial charge in [0.05, 0.1) is 11.4 Å². The number of nitrogens with zero attached hydrogens (tertiary/aromatic N) is 2. The Balaban J connectivity index is 1.22. The minimum atomic E-state index is -0.182. The molecule has 0 spiro atoms. The lowest BCUT2D eigenvalue weighted by Gasteiger charge is -2.40. The van der Waals surface area contributed by atoms with Crippen molar-refractivity contribution in [3.63, 3.8) is 0 Å². The summed E-state index contributed by atoms with van der Waals surface area (Å²) in [6.45, 7) is 4.73. The molecule has 8 aromatic rings. The van der Waals surface area contributed by atoms with Crippen molar-refractivity contribution in [1.82, 2.24) is 0 Å². The van der Waals surface area contributed by atoms with Gasteiger partial charge in [0.1, 0.15) is 0 Å². The fraction of sp³-hybridized carbons (Fsp3) is 0.0588. The zero-order chi connectivity index (χ0) is 38.1. The average Bonchev–Trinajstić information content (AvgIpc) is 3.25. The third-order valence-corrected chi connectivity index (χ3v) is 13.7. The Kier molecular flexibility index (Phi) is 8.13. The first-order chi connectivity index (χ1) is 28.0. The van der Waals surface area contributed by atoms with E-state index in [9.17, 15) is 0 Å². The molecule has 0 fully saturated rings. The molecule has 8 aromatic carbocycles. The van der Waals surface area contributed by atoms with Gasteiger partial charge in [0.15, 0.2) is 7.28 Å². The van der Waals surface area contributed by atoms with Crippen molar-refractivity contribution in [2.45, 2.75) is 38.8 Å². The second kappa shape index (κ2) is 13.5. The van der Waals surface area contributed by atoms with Crippen LogP contribution in [0, 0.1) is 0 Å². The third-order valence-electron chi connectivity index (χ3n) is 11.5. The summed E-state index contributed by atoms with van der Waals surface area (Å²) in [5.74, 6) is 0. The highest BCUT2D eigenvalue weighted by molar-refractivity contribution is 8.00. The molecule has 3 nitrogen and oxygen atoms in total. The molecule has 3 aliphatic rings. The van der Waals surface area contributed by atoms with Gasteiger partial charge in [-0.1, -0.05) is 140 Å². The zero-order valence-electron chi connectivity index (χ0n) is 31.6. The van der Waals surface area contributed by atoms with E-state index in [-0.39, 0.29) is 5.41 Å². The van der Waals surface area contributed by atoms with Gasteiger partial charge in [0.25, 0.3) is 0 Å². The van der Waals surface area contributed by atoms with Gasteiger partial charge < -0.3 is 15.1 Å². The summed E-state index contributed by atoms with van der Waals surface area (Å²) in [5, 5.41) is 3.93. The molecule has 0 bridgehead atoms. The van der Waals surface area contributed by atoms with E-state index in [4.69, 9.17) is 0 Å². The van der Waals surface area contributed by atoms with Crippen LogP contribution in [0.4, 0.5) is 45.5 Å². The Hall–Kier alpha value is -6.08. The van der Waals surface area contributed by atoms with E-state index in [1.165, 1.54) is 58.6 Å². The van der Waals surface area contributed by atoms with Crippen molar-refractivity contribution in [1.29, 1.82) is 0 Å². The van der Waals surface area contributed by atoms with E-state index in [0.717, 1.165) is 39.7 Å². The topological polar surface area (TPSA) is 18.5 Å². The van der Waals surface area contributed by atoms with E-state index < -0.39 is 0 Å². The molecule has 0 saturated carbocycles. The molecule has 3 heterocycles. The lowest BCUT2D eigenvalue weighted by molar-refractivity contribution is 0.608. The SMILES string of the molecule is CC1(C)c2ccccc2Sc2cc(-c3cc(N(c4ccccc4)c4ccccc4)cc4c3[B]c3cccc5c3N4c3ccccc3S5)c(Nc3ccccc3)cc21. The van der Waals surface area contributed by atoms with Crippen molar-refractivity contribution in [3.8, 4) is 11.1 Å². The van der Waals surface area contributed by atoms with Crippen molar-refractivity contribution in [3.05, 3.63) is 193 Å². The molecule has 271 valence electrons. The highest BCUT2D eigenvalue weighted by Crippen LogP contribution is 2.55. The highest BCUT2D eigenvalue weighted by Gasteiger charge is 2.37. The molecule has 0 amide bonds. The van der Waals surface area contributed by atoms with Crippen LogP contribution in [-0.2, 0) is 5.41 Å². The van der Waals surface area contributed by atoms with Crippen LogP contribution in [-0.4, -0.2) is 7.28 Å². The van der Waals surface area contributed by atoms with Crippen molar-refractivity contribution in [2.75, 3.05) is 15.1 Å². The van der Waals surface area contributed by atoms with Crippen molar-refractivity contribution >= 4 is 87.2 Å². The Morgan fingerprint density at radius 1 is 0.509 bits per heavy atom. The maximum absolute atomic E-state index is 3.93. The molecule has 1 N–H and O–H groups in total. The Labute approximate surface area is 343 Å². The monoisotopic (exact) mass is 766 g/mol. The molecule has 11 rings (SSSR count). The van der Waals surface area contributed by atoms with Crippen LogP contribution in [0.1, 0.15) is 25.0 Å². The van der Waals surface area contributed by atoms with Crippen molar-refractivity contribution in [2.24, 2.45) is 0 Å². The second-order valence-electron chi connectivity index (χ2n) is 15.3. The standard InChI is InChI=1S/C51H37BN3S2/c1-51(2)39-23-12-14-26-45(39)56-48-31-37(42(32-40(48)51)53-33-17-6-3-7-18-33)38-29-36(54(34-19-8-4-9-20-34)35-21-10-5-11-22-35)30-44-49(38)52-41-24-16-28-47-50(41)55(44)43-25-13-15-27-46(43)57-47/h3-32,53H,1-2H3. The summed E-state index contributed by atoms with van der Waals surface area (Å²) >= 11 is 3.74. The van der Waals surface area contributed by atoms with Crippen LogP contribution in [0.2, 0.25) is 0 Å². The minimum Gasteiger partial charge on any atom is -0.355 e. The first-order valence-electron chi connectivity index (χ1n) is 19.4. The molecule has 3 aliphatic heterocycles. The van der Waals surface area contributed by atoms with Gasteiger partial charge in [-0.3, -0.25) is 0 Å². The van der Waals surface area contributed by atoms with Crippen molar-refractivity contribution < 1.29 is 0 Å². The molecule has 0 aromatic heterocycles. The molecule has 0 unspecified atom stereocenters.